The van der Waals surface area contributed by atoms with Crippen LogP contribution in [0.2, 0.25) is 0 Å². The molecule has 0 fully saturated rings. The number of halogens is 4. The molecule has 0 saturated heterocycles. The Bertz CT molecular complexity index is 1270. The second-order valence-electron chi connectivity index (χ2n) is 8.00. The third kappa shape index (κ3) is 6.88. The van der Waals surface area contributed by atoms with Gasteiger partial charge in [-0.05, 0) is 42.3 Å². The maximum atomic E-state index is 14.4. The number of nitrogens with one attached hydrogen (secondary N) is 2. The lowest BCUT2D eigenvalue weighted by Crippen LogP contribution is -2.28. The Morgan fingerprint density at radius 2 is 1.81 bits per heavy atom. The summed E-state index contributed by atoms with van der Waals surface area (Å²) in [6, 6.07) is 12.9. The summed E-state index contributed by atoms with van der Waals surface area (Å²) in [5, 5.41) is 2.70. The van der Waals surface area contributed by atoms with E-state index in [-0.39, 0.29) is 18.8 Å². The monoisotopic (exact) mass is 523 g/mol. The Morgan fingerprint density at radius 3 is 2.44 bits per heavy atom. The first kappa shape index (κ1) is 27.3. The number of amides is 1. The number of nitrogens with zero attached hydrogens (tertiary/aromatic N) is 1. The van der Waals surface area contributed by atoms with E-state index >= 15 is 0 Å². The van der Waals surface area contributed by atoms with Crippen LogP contribution in [-0.2, 0) is 35.0 Å². The van der Waals surface area contributed by atoms with Crippen molar-refractivity contribution in [1.82, 2.24) is 15.0 Å². The average molecular weight is 524 g/mol. The number of rotatable bonds is 9. The first-order valence-corrected chi connectivity index (χ1v) is 12.4. The molecule has 0 saturated carbocycles. The van der Waals surface area contributed by atoms with Crippen LogP contribution in [0, 0.1) is 5.82 Å². The molecule has 6 nitrogen and oxygen atoms in total. The molecule has 0 aliphatic carbocycles. The predicted octanol–water partition coefficient (Wildman–Crippen LogP) is 4.72. The summed E-state index contributed by atoms with van der Waals surface area (Å²) >= 11 is 0. The van der Waals surface area contributed by atoms with E-state index in [0.29, 0.717) is 28.0 Å². The van der Waals surface area contributed by atoms with Crippen LogP contribution >= 0.6 is 0 Å². The minimum atomic E-state index is -4.64. The Morgan fingerprint density at radius 1 is 1.08 bits per heavy atom. The standard InChI is InChI=1S/C25H25F4N3O3S/c1-15(16-7-8-18(21(26)12-16)14-31-36(3)34)24(33)30-13-19-9-10-22(25(27,28)29)32-23(19)17-5-4-6-20(11-17)35-2/h4-12,15,31H,13-14H2,1-3H3,(H,30,33). The van der Waals surface area contributed by atoms with Gasteiger partial charge in [-0.3, -0.25) is 4.79 Å². The van der Waals surface area contributed by atoms with Gasteiger partial charge in [-0.2, -0.15) is 13.2 Å². The summed E-state index contributed by atoms with van der Waals surface area (Å²) in [7, 11) is 0.146. The van der Waals surface area contributed by atoms with E-state index in [9.17, 15) is 26.6 Å². The van der Waals surface area contributed by atoms with Crippen LogP contribution < -0.4 is 14.8 Å². The zero-order valence-corrected chi connectivity index (χ0v) is 20.6. The Hall–Kier alpha value is -3.31. The highest BCUT2D eigenvalue weighted by molar-refractivity contribution is 7.82. The van der Waals surface area contributed by atoms with E-state index in [2.05, 4.69) is 15.0 Å². The van der Waals surface area contributed by atoms with Crippen molar-refractivity contribution in [2.45, 2.75) is 32.1 Å². The van der Waals surface area contributed by atoms with Gasteiger partial charge in [0.25, 0.3) is 0 Å². The lowest BCUT2D eigenvalue weighted by molar-refractivity contribution is -0.141. The molecule has 3 rings (SSSR count). The molecule has 36 heavy (non-hydrogen) atoms. The zero-order chi connectivity index (χ0) is 26.5. The molecule has 2 aromatic carbocycles. The maximum absolute atomic E-state index is 14.4. The van der Waals surface area contributed by atoms with Gasteiger partial charge in [-0.15, -0.1) is 0 Å². The molecule has 0 aliphatic rings. The summed E-state index contributed by atoms with van der Waals surface area (Å²) in [4.78, 5) is 16.6. The molecule has 1 aromatic heterocycles. The van der Waals surface area contributed by atoms with Crippen LogP contribution in [0.5, 0.6) is 5.75 Å². The first-order valence-electron chi connectivity index (χ1n) is 10.8. The molecule has 0 radical (unpaired) electrons. The molecule has 2 atom stereocenters. The number of benzene rings is 2. The number of aromatic nitrogens is 1. The van der Waals surface area contributed by atoms with Crippen molar-refractivity contribution in [1.29, 1.82) is 0 Å². The Balaban J connectivity index is 1.80. The van der Waals surface area contributed by atoms with Gasteiger partial charge in [0.15, 0.2) is 0 Å². The van der Waals surface area contributed by atoms with E-state index < -0.39 is 40.5 Å². The Labute approximate surface area is 208 Å². The van der Waals surface area contributed by atoms with Gasteiger partial charge >= 0.3 is 6.18 Å². The quantitative estimate of drug-likeness (QED) is 0.398. The second-order valence-corrected chi connectivity index (χ2v) is 9.20. The van der Waals surface area contributed by atoms with Crippen LogP contribution in [0.1, 0.15) is 35.2 Å². The van der Waals surface area contributed by atoms with E-state index in [1.165, 1.54) is 31.6 Å². The smallest absolute Gasteiger partial charge is 0.433 e. The Kier molecular flexibility index (Phi) is 8.80. The largest absolute Gasteiger partial charge is 0.497 e. The third-order valence-electron chi connectivity index (χ3n) is 5.50. The van der Waals surface area contributed by atoms with Gasteiger partial charge in [-0.1, -0.05) is 30.3 Å². The summed E-state index contributed by atoms with van der Waals surface area (Å²) < 4.78 is 73.3. The summed E-state index contributed by atoms with van der Waals surface area (Å²) in [6.45, 7) is 1.58. The number of carbonyl (C=O) groups excluding carboxylic acids is 1. The van der Waals surface area contributed by atoms with E-state index in [0.717, 1.165) is 6.07 Å². The third-order valence-corrected chi connectivity index (χ3v) is 6.05. The van der Waals surface area contributed by atoms with Gasteiger partial charge in [0.2, 0.25) is 5.91 Å². The fourth-order valence-electron chi connectivity index (χ4n) is 3.45. The molecule has 0 bridgehead atoms. The average Bonchev–Trinajstić information content (AvgIpc) is 2.85. The summed E-state index contributed by atoms with van der Waals surface area (Å²) in [6.07, 6.45) is -3.20. The van der Waals surface area contributed by atoms with Crippen molar-refractivity contribution in [3.63, 3.8) is 0 Å². The molecule has 1 heterocycles. The fraction of sp³-hybridized carbons (Fsp3) is 0.280. The lowest BCUT2D eigenvalue weighted by Gasteiger charge is -2.16. The molecule has 2 N–H and O–H groups in total. The van der Waals surface area contributed by atoms with Crippen LogP contribution in [0.3, 0.4) is 0 Å². The number of carbonyl (C=O) groups is 1. The predicted molar refractivity (Wildman–Crippen MR) is 129 cm³/mol. The first-order chi connectivity index (χ1) is 17.0. The van der Waals surface area contributed by atoms with Crippen LogP contribution in [0.15, 0.2) is 54.6 Å². The van der Waals surface area contributed by atoms with Gasteiger partial charge in [0, 0.05) is 30.5 Å². The van der Waals surface area contributed by atoms with Crippen molar-refractivity contribution < 1.29 is 31.3 Å². The van der Waals surface area contributed by atoms with Crippen molar-refractivity contribution in [2.75, 3.05) is 13.4 Å². The van der Waals surface area contributed by atoms with E-state index in [1.54, 1.807) is 37.3 Å². The highest BCUT2D eigenvalue weighted by atomic mass is 32.2. The van der Waals surface area contributed by atoms with Crippen molar-refractivity contribution in [3.05, 3.63) is 82.8 Å². The molecular formula is C25H25F4N3O3S. The molecule has 192 valence electrons. The molecule has 2 unspecified atom stereocenters. The number of alkyl halides is 3. The molecular weight excluding hydrogens is 498 g/mol. The van der Waals surface area contributed by atoms with Crippen molar-refractivity contribution in [2.24, 2.45) is 0 Å². The van der Waals surface area contributed by atoms with Gasteiger partial charge in [0.05, 0.1) is 29.7 Å². The topological polar surface area (TPSA) is 80.3 Å². The van der Waals surface area contributed by atoms with Gasteiger partial charge < -0.3 is 10.1 Å². The zero-order valence-electron chi connectivity index (χ0n) is 19.8. The number of ether oxygens (including phenoxy) is 1. The minimum absolute atomic E-state index is 0.0629. The van der Waals surface area contributed by atoms with E-state index in [4.69, 9.17) is 4.74 Å². The van der Waals surface area contributed by atoms with E-state index in [1.807, 2.05) is 0 Å². The number of pyridine rings is 1. The SMILES string of the molecule is COc1cccc(-c2nc(C(F)(F)F)ccc2CNC(=O)C(C)c2ccc(CNS(C)=O)c(F)c2)c1. The summed E-state index contributed by atoms with van der Waals surface area (Å²) in [5.74, 6) is -1.27. The normalized spacial score (nSPS) is 13.2. The molecule has 3 aromatic rings. The van der Waals surface area contributed by atoms with Gasteiger partial charge in [-0.25, -0.2) is 18.3 Å². The van der Waals surface area contributed by atoms with Crippen molar-refractivity contribution in [3.8, 4) is 17.0 Å². The van der Waals surface area contributed by atoms with Crippen LogP contribution in [0.4, 0.5) is 17.6 Å². The maximum Gasteiger partial charge on any atom is 0.433 e. The molecule has 0 spiro atoms. The molecule has 1 amide bonds. The van der Waals surface area contributed by atoms with Crippen LogP contribution in [0.25, 0.3) is 11.3 Å². The number of methoxy groups -OCH3 is 1. The highest BCUT2D eigenvalue weighted by Gasteiger charge is 2.33. The second kappa shape index (κ2) is 11.6. The molecule has 0 aliphatic heterocycles. The fourth-order valence-corrected chi connectivity index (χ4v) is 3.81. The number of hydrogen-bond acceptors (Lipinski definition) is 4. The van der Waals surface area contributed by atoms with Crippen LogP contribution in [-0.4, -0.2) is 28.5 Å². The lowest BCUT2D eigenvalue weighted by atomic mass is 9.98. The highest BCUT2D eigenvalue weighted by Crippen LogP contribution is 2.32. The van der Waals surface area contributed by atoms with Crippen molar-refractivity contribution >= 4 is 16.9 Å². The summed E-state index contributed by atoms with van der Waals surface area (Å²) in [5.41, 5.74) is 0.507. The minimum Gasteiger partial charge on any atom is -0.497 e. The molecule has 11 heteroatoms. The number of hydrogen-bond donors (Lipinski definition) is 2. The van der Waals surface area contributed by atoms with Gasteiger partial charge in [0.1, 0.15) is 17.3 Å².